The largest absolute Gasteiger partial charge is 0.454 e. The van der Waals surface area contributed by atoms with Gasteiger partial charge < -0.3 is 24.8 Å². The van der Waals surface area contributed by atoms with Gasteiger partial charge in [0, 0.05) is 32.2 Å². The fraction of sp³-hybridized carbons (Fsp3) is 0.708. The Bertz CT molecular complexity index is 740. The quantitative estimate of drug-likeness (QED) is 0.691. The van der Waals surface area contributed by atoms with Crippen molar-refractivity contribution in [1.29, 1.82) is 0 Å². The first-order valence-corrected chi connectivity index (χ1v) is 11.9. The summed E-state index contributed by atoms with van der Waals surface area (Å²) in [4.78, 5) is 17.1. The lowest BCUT2D eigenvalue weighted by atomic mass is 9.84. The second-order valence-electron chi connectivity index (χ2n) is 9.54. The first-order valence-electron chi connectivity index (χ1n) is 11.9. The number of amides is 1. The van der Waals surface area contributed by atoms with Crippen LogP contribution in [0.5, 0.6) is 11.5 Å². The fourth-order valence-corrected chi connectivity index (χ4v) is 4.93. The summed E-state index contributed by atoms with van der Waals surface area (Å²) in [6.45, 7) is 9.37. The highest BCUT2D eigenvalue weighted by molar-refractivity contribution is 5.81. The van der Waals surface area contributed by atoms with Crippen LogP contribution in [0, 0.1) is 11.8 Å². The molecule has 7 nitrogen and oxygen atoms in total. The predicted octanol–water partition coefficient (Wildman–Crippen LogP) is 2.62. The van der Waals surface area contributed by atoms with Crippen molar-refractivity contribution in [1.82, 2.24) is 10.2 Å². The van der Waals surface area contributed by atoms with Gasteiger partial charge in [0.15, 0.2) is 11.5 Å². The van der Waals surface area contributed by atoms with Crippen molar-refractivity contribution in [3.8, 4) is 11.5 Å². The van der Waals surface area contributed by atoms with Gasteiger partial charge in [0.05, 0.1) is 5.69 Å². The topological polar surface area (TPSA) is 74.3 Å². The lowest BCUT2D eigenvalue weighted by Crippen LogP contribution is -2.47. The van der Waals surface area contributed by atoms with Gasteiger partial charge in [0.2, 0.25) is 12.7 Å². The van der Waals surface area contributed by atoms with E-state index in [2.05, 4.69) is 21.2 Å². The zero-order chi connectivity index (χ0) is 21.8. The molecule has 7 heteroatoms. The lowest BCUT2D eigenvalue weighted by Gasteiger charge is -2.37. The maximum atomic E-state index is 12.1. The lowest BCUT2D eigenvalue weighted by molar-refractivity contribution is -0.132. The number of nitrogens with zero attached hydrogens (tertiary/aromatic N) is 2. The van der Waals surface area contributed by atoms with Crippen LogP contribution < -0.4 is 19.7 Å². The van der Waals surface area contributed by atoms with Crippen LogP contribution >= 0.6 is 0 Å². The number of carbonyl (C=O) groups is 1. The van der Waals surface area contributed by atoms with Gasteiger partial charge in [-0.3, -0.25) is 9.69 Å². The third-order valence-electron chi connectivity index (χ3n) is 7.04. The van der Waals surface area contributed by atoms with Gasteiger partial charge in [-0.25, -0.2) is 0 Å². The number of fused-ring (bicyclic) bond motifs is 1. The first-order chi connectivity index (χ1) is 15.0. The van der Waals surface area contributed by atoms with Gasteiger partial charge in [-0.2, -0.15) is 0 Å². The summed E-state index contributed by atoms with van der Waals surface area (Å²) in [5.74, 6) is 2.23. The van der Waals surface area contributed by atoms with Gasteiger partial charge in [0.25, 0.3) is 0 Å². The average Bonchev–Trinajstić information content (AvgIpc) is 3.27. The fourth-order valence-electron chi connectivity index (χ4n) is 4.93. The average molecular weight is 432 g/mol. The highest BCUT2D eigenvalue weighted by atomic mass is 16.7. The molecule has 1 aliphatic carbocycles. The SMILES string of the molecule is CC(C)[C@@H](O)C(=O)NC1CCC(CCN2CCN(c3cccc4c3OCO4)CC2)CC1. The number of aliphatic hydroxyl groups is 1. The van der Waals surface area contributed by atoms with E-state index in [1.54, 1.807) is 0 Å². The second kappa shape index (κ2) is 10.1. The minimum atomic E-state index is -0.896. The molecule has 3 aliphatic rings. The molecule has 2 fully saturated rings. The Morgan fingerprint density at radius 3 is 2.58 bits per heavy atom. The summed E-state index contributed by atoms with van der Waals surface area (Å²) in [5.41, 5.74) is 1.15. The van der Waals surface area contributed by atoms with E-state index in [0.717, 1.165) is 81.5 Å². The summed E-state index contributed by atoms with van der Waals surface area (Å²) in [6.07, 6.45) is 4.71. The van der Waals surface area contributed by atoms with Crippen molar-refractivity contribution < 1.29 is 19.4 Å². The Hall–Kier alpha value is -1.99. The van der Waals surface area contributed by atoms with Crippen LogP contribution in [-0.4, -0.2) is 67.6 Å². The molecular weight excluding hydrogens is 394 g/mol. The maximum absolute atomic E-state index is 12.1. The predicted molar refractivity (Wildman–Crippen MR) is 121 cm³/mol. The normalized spacial score (nSPS) is 25.0. The van der Waals surface area contributed by atoms with Gasteiger partial charge >= 0.3 is 0 Å². The summed E-state index contributed by atoms with van der Waals surface area (Å²) >= 11 is 0. The summed E-state index contributed by atoms with van der Waals surface area (Å²) < 4.78 is 11.2. The maximum Gasteiger partial charge on any atom is 0.249 e. The van der Waals surface area contributed by atoms with Crippen LogP contribution in [0.3, 0.4) is 0 Å². The number of benzene rings is 1. The molecule has 2 aliphatic heterocycles. The van der Waals surface area contributed by atoms with Crippen molar-refractivity contribution >= 4 is 11.6 Å². The molecule has 1 saturated carbocycles. The van der Waals surface area contributed by atoms with Crippen LogP contribution in [0.25, 0.3) is 0 Å². The van der Waals surface area contributed by atoms with Crippen molar-refractivity contribution in [3.05, 3.63) is 18.2 Å². The van der Waals surface area contributed by atoms with E-state index < -0.39 is 6.10 Å². The van der Waals surface area contributed by atoms with E-state index in [1.165, 1.54) is 6.42 Å². The number of rotatable bonds is 7. The highest BCUT2D eigenvalue weighted by Gasteiger charge is 2.27. The molecule has 2 heterocycles. The molecule has 0 aromatic heterocycles. The number of anilines is 1. The molecule has 0 unspecified atom stereocenters. The minimum absolute atomic E-state index is 0.0412. The minimum Gasteiger partial charge on any atom is -0.454 e. The van der Waals surface area contributed by atoms with E-state index >= 15 is 0 Å². The van der Waals surface area contributed by atoms with Crippen LogP contribution in [0.1, 0.15) is 46.0 Å². The monoisotopic (exact) mass is 431 g/mol. The molecule has 172 valence electrons. The van der Waals surface area contributed by atoms with E-state index in [1.807, 2.05) is 26.0 Å². The van der Waals surface area contributed by atoms with Crippen molar-refractivity contribution in [2.45, 2.75) is 58.1 Å². The molecule has 1 saturated heterocycles. The number of carbonyl (C=O) groups excluding carboxylic acids is 1. The smallest absolute Gasteiger partial charge is 0.249 e. The standard InChI is InChI=1S/C24H37N3O4/c1-17(2)22(28)24(29)25-19-8-6-18(7-9-19)10-11-26-12-14-27(15-13-26)20-4-3-5-21-23(20)31-16-30-21/h3-5,17-19,22,28H,6-16H2,1-2H3,(H,25,29)/t18?,19?,22-/m1/s1. The summed E-state index contributed by atoms with van der Waals surface area (Å²) in [6, 6.07) is 6.35. The summed E-state index contributed by atoms with van der Waals surface area (Å²) in [5, 5.41) is 12.9. The third-order valence-corrected chi connectivity index (χ3v) is 7.04. The second-order valence-corrected chi connectivity index (χ2v) is 9.54. The number of hydrogen-bond donors (Lipinski definition) is 2. The Balaban J connectivity index is 1.15. The van der Waals surface area contributed by atoms with Crippen molar-refractivity contribution in [3.63, 3.8) is 0 Å². The number of aliphatic hydroxyl groups excluding tert-OH is 1. The van der Waals surface area contributed by atoms with Gasteiger partial charge in [-0.1, -0.05) is 19.9 Å². The Kier molecular flexibility index (Phi) is 7.23. The molecule has 1 aromatic rings. The number of ether oxygens (including phenoxy) is 2. The molecule has 0 radical (unpaired) electrons. The molecule has 0 bridgehead atoms. The Morgan fingerprint density at radius 2 is 1.87 bits per heavy atom. The molecule has 31 heavy (non-hydrogen) atoms. The first kappa shape index (κ1) is 22.2. The molecule has 2 N–H and O–H groups in total. The number of piperazine rings is 1. The van der Waals surface area contributed by atoms with Gasteiger partial charge in [-0.15, -0.1) is 0 Å². The molecule has 0 spiro atoms. The molecule has 1 aromatic carbocycles. The Morgan fingerprint density at radius 1 is 1.13 bits per heavy atom. The third kappa shape index (κ3) is 5.44. The molecule has 1 amide bonds. The highest BCUT2D eigenvalue weighted by Crippen LogP contribution is 2.41. The molecule has 1 atom stereocenters. The summed E-state index contributed by atoms with van der Waals surface area (Å²) in [7, 11) is 0. The molecular formula is C24H37N3O4. The van der Waals surface area contributed by atoms with E-state index in [-0.39, 0.29) is 17.9 Å². The number of para-hydroxylation sites is 1. The van der Waals surface area contributed by atoms with Crippen LogP contribution in [-0.2, 0) is 4.79 Å². The van der Waals surface area contributed by atoms with Crippen molar-refractivity contribution in [2.75, 3.05) is 44.4 Å². The molecule has 4 rings (SSSR count). The van der Waals surface area contributed by atoms with E-state index in [0.29, 0.717) is 6.79 Å². The van der Waals surface area contributed by atoms with Crippen molar-refractivity contribution in [2.24, 2.45) is 11.8 Å². The number of hydrogen-bond acceptors (Lipinski definition) is 6. The zero-order valence-electron chi connectivity index (χ0n) is 18.9. The zero-order valence-corrected chi connectivity index (χ0v) is 18.9. The van der Waals surface area contributed by atoms with Crippen LogP contribution in [0.15, 0.2) is 18.2 Å². The van der Waals surface area contributed by atoms with Crippen LogP contribution in [0.4, 0.5) is 5.69 Å². The van der Waals surface area contributed by atoms with E-state index in [4.69, 9.17) is 9.47 Å². The Labute approximate surface area is 185 Å². The van der Waals surface area contributed by atoms with E-state index in [9.17, 15) is 9.90 Å². The van der Waals surface area contributed by atoms with Gasteiger partial charge in [0.1, 0.15) is 6.10 Å². The van der Waals surface area contributed by atoms with Crippen LogP contribution in [0.2, 0.25) is 0 Å². The van der Waals surface area contributed by atoms with Gasteiger partial charge in [-0.05, 0) is 62.6 Å². The number of nitrogens with one attached hydrogen (secondary N) is 1.